The second-order valence-corrected chi connectivity index (χ2v) is 7.11. The van der Waals surface area contributed by atoms with Gasteiger partial charge in [-0.2, -0.15) is 5.26 Å². The van der Waals surface area contributed by atoms with Crippen molar-refractivity contribution in [3.05, 3.63) is 71.5 Å². The van der Waals surface area contributed by atoms with E-state index in [1.807, 2.05) is 24.3 Å². The van der Waals surface area contributed by atoms with E-state index in [1.54, 1.807) is 32.2 Å². The Bertz CT molecular complexity index is 1100. The quantitative estimate of drug-likeness (QED) is 0.594. The monoisotopic (exact) mass is 407 g/mol. The van der Waals surface area contributed by atoms with E-state index < -0.39 is 0 Å². The van der Waals surface area contributed by atoms with Gasteiger partial charge in [0.1, 0.15) is 22.7 Å². The third-order valence-electron chi connectivity index (χ3n) is 4.23. The van der Waals surface area contributed by atoms with Crippen LogP contribution in [-0.4, -0.2) is 23.8 Å². The fraction of sp³-hybridized carbons (Fsp3) is 0.136. The first-order valence-electron chi connectivity index (χ1n) is 8.75. The van der Waals surface area contributed by atoms with Gasteiger partial charge in [0.25, 0.3) is 0 Å². The molecule has 0 fully saturated rings. The molecule has 1 aromatic heterocycles. The molecule has 146 valence electrons. The normalized spacial score (nSPS) is 10.3. The van der Waals surface area contributed by atoms with Crippen LogP contribution in [0.25, 0.3) is 11.3 Å². The summed E-state index contributed by atoms with van der Waals surface area (Å²) in [6, 6.07) is 17.5. The topological polar surface area (TPSA) is 75.0 Å². The molecule has 0 bridgehead atoms. The molecule has 0 saturated heterocycles. The first-order chi connectivity index (χ1) is 14.0. The number of carbonyl (C=O) groups is 1. The van der Waals surface area contributed by atoms with Gasteiger partial charge in [-0.25, -0.2) is 9.37 Å². The van der Waals surface area contributed by atoms with E-state index in [-0.39, 0.29) is 17.5 Å². The second kappa shape index (κ2) is 9.22. The van der Waals surface area contributed by atoms with Gasteiger partial charge in [-0.1, -0.05) is 30.0 Å². The average Bonchev–Trinajstić information content (AvgIpc) is 2.75. The molecule has 1 N–H and O–H groups in total. The van der Waals surface area contributed by atoms with Crippen molar-refractivity contribution in [2.45, 2.75) is 11.9 Å². The Morgan fingerprint density at radius 2 is 2.03 bits per heavy atom. The molecule has 0 atom stereocenters. The minimum atomic E-state index is -0.380. The van der Waals surface area contributed by atoms with Crippen LogP contribution in [0.15, 0.2) is 59.6 Å². The summed E-state index contributed by atoms with van der Waals surface area (Å²) in [4.78, 5) is 16.9. The number of amides is 1. The van der Waals surface area contributed by atoms with Gasteiger partial charge in [-0.3, -0.25) is 4.79 Å². The number of thioether (sulfide) groups is 1. The van der Waals surface area contributed by atoms with Gasteiger partial charge in [0, 0.05) is 16.8 Å². The summed E-state index contributed by atoms with van der Waals surface area (Å²) in [7, 11) is 1.59. The van der Waals surface area contributed by atoms with Gasteiger partial charge in [0.05, 0.1) is 24.1 Å². The van der Waals surface area contributed by atoms with Crippen molar-refractivity contribution in [1.29, 1.82) is 5.26 Å². The number of halogens is 1. The van der Waals surface area contributed by atoms with Crippen molar-refractivity contribution in [1.82, 2.24) is 4.98 Å². The van der Waals surface area contributed by atoms with Crippen molar-refractivity contribution >= 4 is 23.4 Å². The third kappa shape index (κ3) is 4.92. The highest BCUT2D eigenvalue weighted by molar-refractivity contribution is 8.00. The van der Waals surface area contributed by atoms with Crippen molar-refractivity contribution in [3.63, 3.8) is 0 Å². The van der Waals surface area contributed by atoms with Crippen LogP contribution in [0.1, 0.15) is 11.1 Å². The van der Waals surface area contributed by atoms with E-state index >= 15 is 0 Å². The number of ether oxygens (including phenoxy) is 1. The lowest BCUT2D eigenvalue weighted by Gasteiger charge is -2.10. The number of benzene rings is 2. The number of nitrogens with one attached hydrogen (secondary N) is 1. The summed E-state index contributed by atoms with van der Waals surface area (Å²) in [6.45, 7) is 1.60. The SMILES string of the molecule is COc1cccc(-c2ccc(C#N)c(SCC(=O)Nc3cccc(F)c3C)n2)c1. The first-order valence-corrected chi connectivity index (χ1v) is 9.73. The summed E-state index contributed by atoms with van der Waals surface area (Å²) in [6.07, 6.45) is 0. The summed E-state index contributed by atoms with van der Waals surface area (Å²) < 4.78 is 18.9. The lowest BCUT2D eigenvalue weighted by molar-refractivity contribution is -0.113. The predicted octanol–water partition coefficient (Wildman–Crippen LogP) is 4.81. The Morgan fingerprint density at radius 3 is 2.79 bits per heavy atom. The van der Waals surface area contributed by atoms with Gasteiger partial charge in [0.2, 0.25) is 5.91 Å². The lowest BCUT2D eigenvalue weighted by Crippen LogP contribution is -2.15. The van der Waals surface area contributed by atoms with Crippen molar-refractivity contribution in [2.24, 2.45) is 0 Å². The zero-order valence-electron chi connectivity index (χ0n) is 15.9. The molecule has 0 radical (unpaired) electrons. The number of rotatable bonds is 6. The molecule has 0 unspecified atom stereocenters. The number of nitrogens with zero attached hydrogens (tertiary/aromatic N) is 2. The van der Waals surface area contributed by atoms with E-state index in [2.05, 4.69) is 16.4 Å². The number of nitriles is 1. The maximum absolute atomic E-state index is 13.6. The van der Waals surface area contributed by atoms with Crippen LogP contribution in [-0.2, 0) is 4.79 Å². The highest BCUT2D eigenvalue weighted by Crippen LogP contribution is 2.27. The maximum atomic E-state index is 13.6. The van der Waals surface area contributed by atoms with Crippen LogP contribution in [0.4, 0.5) is 10.1 Å². The van der Waals surface area contributed by atoms with E-state index in [0.29, 0.717) is 33.3 Å². The molecular formula is C22H18FN3O2S. The molecule has 0 spiro atoms. The van der Waals surface area contributed by atoms with Gasteiger partial charge < -0.3 is 10.1 Å². The number of carbonyl (C=O) groups excluding carboxylic acids is 1. The van der Waals surface area contributed by atoms with Crippen LogP contribution in [0.3, 0.4) is 0 Å². The number of anilines is 1. The Hall–Kier alpha value is -3.37. The number of hydrogen-bond acceptors (Lipinski definition) is 5. The number of methoxy groups -OCH3 is 1. The summed E-state index contributed by atoms with van der Waals surface area (Å²) >= 11 is 1.16. The summed E-state index contributed by atoms with van der Waals surface area (Å²) in [5, 5.41) is 12.5. The highest BCUT2D eigenvalue weighted by Gasteiger charge is 2.12. The molecule has 1 amide bonds. The van der Waals surface area contributed by atoms with E-state index in [4.69, 9.17) is 4.74 Å². The molecule has 0 aliphatic rings. The molecule has 0 saturated carbocycles. The largest absolute Gasteiger partial charge is 0.497 e. The Labute approximate surface area is 172 Å². The van der Waals surface area contributed by atoms with Crippen LogP contribution >= 0.6 is 11.8 Å². The van der Waals surface area contributed by atoms with Crippen LogP contribution < -0.4 is 10.1 Å². The molecule has 5 nitrogen and oxygen atoms in total. The number of hydrogen-bond donors (Lipinski definition) is 1. The maximum Gasteiger partial charge on any atom is 0.234 e. The van der Waals surface area contributed by atoms with Crippen LogP contribution in [0.5, 0.6) is 5.75 Å². The first kappa shape index (κ1) is 20.4. The zero-order chi connectivity index (χ0) is 20.8. The minimum absolute atomic E-state index is 0.0409. The molecule has 0 aliphatic heterocycles. The van der Waals surface area contributed by atoms with Crippen molar-refractivity contribution in [2.75, 3.05) is 18.2 Å². The summed E-state index contributed by atoms with van der Waals surface area (Å²) in [5.41, 5.74) is 2.70. The molecule has 0 aliphatic carbocycles. The van der Waals surface area contributed by atoms with Crippen LogP contribution in [0.2, 0.25) is 0 Å². The smallest absolute Gasteiger partial charge is 0.234 e. The molecule has 29 heavy (non-hydrogen) atoms. The van der Waals surface area contributed by atoms with Crippen molar-refractivity contribution < 1.29 is 13.9 Å². The minimum Gasteiger partial charge on any atom is -0.497 e. The average molecular weight is 407 g/mol. The third-order valence-corrected chi connectivity index (χ3v) is 5.22. The number of aromatic nitrogens is 1. The lowest BCUT2D eigenvalue weighted by atomic mass is 10.1. The van der Waals surface area contributed by atoms with Crippen LogP contribution in [0, 0.1) is 24.1 Å². The second-order valence-electron chi connectivity index (χ2n) is 6.14. The van der Waals surface area contributed by atoms with Gasteiger partial charge in [-0.05, 0) is 43.3 Å². The van der Waals surface area contributed by atoms with E-state index in [1.165, 1.54) is 12.1 Å². The molecule has 1 heterocycles. The molecular weight excluding hydrogens is 389 g/mol. The summed E-state index contributed by atoms with van der Waals surface area (Å²) in [5.74, 6) is 0.0582. The predicted molar refractivity (Wildman–Crippen MR) is 111 cm³/mol. The van der Waals surface area contributed by atoms with Crippen molar-refractivity contribution in [3.8, 4) is 23.1 Å². The van der Waals surface area contributed by atoms with Gasteiger partial charge in [0.15, 0.2) is 0 Å². The van der Waals surface area contributed by atoms with E-state index in [9.17, 15) is 14.4 Å². The molecule has 7 heteroatoms. The molecule has 3 aromatic rings. The zero-order valence-corrected chi connectivity index (χ0v) is 16.7. The van der Waals surface area contributed by atoms with Gasteiger partial charge in [-0.15, -0.1) is 0 Å². The molecule has 3 rings (SSSR count). The Balaban J connectivity index is 1.76. The highest BCUT2D eigenvalue weighted by atomic mass is 32.2. The van der Waals surface area contributed by atoms with E-state index in [0.717, 1.165) is 17.3 Å². The van der Waals surface area contributed by atoms with Gasteiger partial charge >= 0.3 is 0 Å². The fourth-order valence-electron chi connectivity index (χ4n) is 2.64. The standard InChI is InChI=1S/C22H18FN3O2S/c1-14-18(23)7-4-8-19(14)25-21(27)13-29-22-16(12-24)9-10-20(26-22)15-5-3-6-17(11-15)28-2/h3-11H,13H2,1-2H3,(H,25,27). The Morgan fingerprint density at radius 1 is 1.24 bits per heavy atom. The fourth-order valence-corrected chi connectivity index (χ4v) is 3.41. The Kier molecular flexibility index (Phi) is 6.47. The molecule has 2 aromatic carbocycles. The number of pyridine rings is 1.